The van der Waals surface area contributed by atoms with Crippen molar-refractivity contribution in [3.05, 3.63) is 59.2 Å². The molecule has 2 aromatic carbocycles. The van der Waals surface area contributed by atoms with E-state index in [2.05, 4.69) is 10.5 Å². The lowest BCUT2D eigenvalue weighted by Crippen LogP contribution is -2.48. The molecule has 1 aliphatic heterocycles. The maximum atomic E-state index is 13.0. The number of amidine groups is 1. The van der Waals surface area contributed by atoms with E-state index in [0.29, 0.717) is 28.9 Å². The van der Waals surface area contributed by atoms with E-state index in [4.69, 9.17) is 10.5 Å². The number of hydrogen-bond donors (Lipinski definition) is 3. The molecule has 1 heterocycles. The highest BCUT2D eigenvalue weighted by atomic mass is 19.4. The predicted octanol–water partition coefficient (Wildman–Crippen LogP) is 4.39. The van der Waals surface area contributed by atoms with Crippen LogP contribution in [0.2, 0.25) is 0 Å². The molecule has 4 N–H and O–H groups in total. The summed E-state index contributed by atoms with van der Waals surface area (Å²) in [6.45, 7) is 5.52. The smallest absolute Gasteiger partial charge is 0.416 e. The normalized spacial score (nSPS) is 17.0. The number of alkyl carbamates (subject to hydrolysis) is 1. The van der Waals surface area contributed by atoms with Gasteiger partial charge in [-0.05, 0) is 63.1 Å². The third-order valence-electron chi connectivity index (χ3n) is 4.91. The van der Waals surface area contributed by atoms with Crippen molar-refractivity contribution in [2.45, 2.75) is 45.0 Å². The van der Waals surface area contributed by atoms with Crippen LogP contribution in [0.5, 0.6) is 0 Å². The molecule has 0 saturated carbocycles. The van der Waals surface area contributed by atoms with Crippen molar-refractivity contribution in [1.29, 1.82) is 0 Å². The molecular formula is C22H25F3N4O3. The van der Waals surface area contributed by atoms with Crippen molar-refractivity contribution in [2.24, 2.45) is 10.9 Å². The van der Waals surface area contributed by atoms with Gasteiger partial charge in [-0.25, -0.2) is 4.79 Å². The van der Waals surface area contributed by atoms with E-state index in [1.54, 1.807) is 43.9 Å². The lowest BCUT2D eigenvalue weighted by atomic mass is 9.92. The minimum absolute atomic E-state index is 0.105. The molecule has 3 rings (SSSR count). The zero-order valence-electron chi connectivity index (χ0n) is 17.9. The summed E-state index contributed by atoms with van der Waals surface area (Å²) in [5.74, 6) is -0.105. The maximum absolute atomic E-state index is 13.0. The summed E-state index contributed by atoms with van der Waals surface area (Å²) < 4.78 is 44.3. The number of oxime groups is 1. The summed E-state index contributed by atoms with van der Waals surface area (Å²) in [5, 5.41) is 15.1. The number of carbonyl (C=O) groups excluding carboxylic acids is 1. The molecule has 0 spiro atoms. The lowest BCUT2D eigenvalue weighted by molar-refractivity contribution is -0.137. The number of ether oxygens (including phenoxy) is 1. The van der Waals surface area contributed by atoms with Crippen LogP contribution in [-0.4, -0.2) is 35.3 Å². The molecule has 32 heavy (non-hydrogen) atoms. The molecule has 10 heteroatoms. The lowest BCUT2D eigenvalue weighted by Gasteiger charge is -2.37. The first-order valence-electron chi connectivity index (χ1n) is 9.93. The van der Waals surface area contributed by atoms with Gasteiger partial charge >= 0.3 is 12.3 Å². The fourth-order valence-electron chi connectivity index (χ4n) is 3.61. The number of nitrogens with two attached hydrogens (primary N) is 1. The number of benzene rings is 2. The Hall–Kier alpha value is -3.43. The van der Waals surface area contributed by atoms with E-state index in [9.17, 15) is 23.2 Å². The largest absolute Gasteiger partial charge is 0.444 e. The van der Waals surface area contributed by atoms with Crippen LogP contribution in [0.15, 0.2) is 47.6 Å². The number of nitrogens with one attached hydrogen (secondary N) is 1. The number of carbonyl (C=O) groups is 1. The van der Waals surface area contributed by atoms with E-state index in [1.807, 2.05) is 0 Å². The van der Waals surface area contributed by atoms with Crippen molar-refractivity contribution in [3.63, 3.8) is 0 Å². The zero-order valence-corrected chi connectivity index (χ0v) is 17.9. The Kier molecular flexibility index (Phi) is 6.25. The number of rotatable bonds is 3. The Morgan fingerprint density at radius 3 is 2.41 bits per heavy atom. The van der Waals surface area contributed by atoms with Gasteiger partial charge in [-0.2, -0.15) is 13.2 Å². The summed E-state index contributed by atoms with van der Waals surface area (Å²) in [4.78, 5) is 14.1. The van der Waals surface area contributed by atoms with Crippen LogP contribution in [0.25, 0.3) is 0 Å². The van der Waals surface area contributed by atoms with Crippen LogP contribution in [0.3, 0.4) is 0 Å². The highest BCUT2D eigenvalue weighted by Crippen LogP contribution is 2.37. The first kappa shape index (κ1) is 23.2. The third-order valence-corrected chi connectivity index (χ3v) is 4.91. The molecule has 1 amide bonds. The highest BCUT2D eigenvalue weighted by Gasteiger charge is 2.32. The molecule has 0 bridgehead atoms. The molecule has 0 radical (unpaired) electrons. The van der Waals surface area contributed by atoms with Gasteiger partial charge in [0.05, 0.1) is 11.6 Å². The van der Waals surface area contributed by atoms with Gasteiger partial charge in [0.15, 0.2) is 5.84 Å². The average Bonchev–Trinajstić information content (AvgIpc) is 2.70. The molecule has 7 nitrogen and oxygen atoms in total. The molecule has 1 atom stereocenters. The highest BCUT2D eigenvalue weighted by molar-refractivity contribution is 6.00. The molecular weight excluding hydrogens is 425 g/mol. The molecule has 2 aromatic rings. The van der Waals surface area contributed by atoms with Gasteiger partial charge in [-0.3, -0.25) is 0 Å². The molecule has 0 aromatic heterocycles. The monoisotopic (exact) mass is 450 g/mol. The topological polar surface area (TPSA) is 100 Å². The third kappa shape index (κ3) is 5.24. The van der Waals surface area contributed by atoms with Crippen LogP contribution in [-0.2, 0) is 17.3 Å². The molecule has 0 saturated heterocycles. The van der Waals surface area contributed by atoms with Gasteiger partial charge in [0, 0.05) is 23.5 Å². The number of fused-ring (bicyclic) bond motifs is 1. The fraction of sp³-hybridized carbons (Fsp3) is 0.364. The van der Waals surface area contributed by atoms with Gasteiger partial charge in [-0.15, -0.1) is 0 Å². The molecule has 0 fully saturated rings. The molecule has 1 aliphatic rings. The summed E-state index contributed by atoms with van der Waals surface area (Å²) in [6.07, 6.45) is -4.70. The zero-order chi connectivity index (χ0) is 23.7. The van der Waals surface area contributed by atoms with Gasteiger partial charge in [0.25, 0.3) is 0 Å². The van der Waals surface area contributed by atoms with E-state index in [0.717, 1.165) is 12.1 Å². The van der Waals surface area contributed by atoms with Gasteiger partial charge < -0.3 is 25.9 Å². The quantitative estimate of drug-likeness (QED) is 0.279. The molecule has 1 unspecified atom stereocenters. The number of alkyl halides is 3. The van der Waals surface area contributed by atoms with E-state index in [-0.39, 0.29) is 12.4 Å². The number of hydrogen-bond acceptors (Lipinski definition) is 5. The summed E-state index contributed by atoms with van der Waals surface area (Å²) >= 11 is 0. The van der Waals surface area contributed by atoms with E-state index in [1.165, 1.54) is 12.1 Å². The second kappa shape index (κ2) is 8.60. The second-order valence-corrected chi connectivity index (χ2v) is 8.49. The van der Waals surface area contributed by atoms with Crippen molar-refractivity contribution in [1.82, 2.24) is 5.32 Å². The van der Waals surface area contributed by atoms with E-state index < -0.39 is 29.5 Å². The minimum Gasteiger partial charge on any atom is -0.444 e. The Balaban J connectivity index is 2.00. The van der Waals surface area contributed by atoms with Crippen LogP contribution in [0, 0.1) is 0 Å². The van der Waals surface area contributed by atoms with Crippen LogP contribution >= 0.6 is 0 Å². The van der Waals surface area contributed by atoms with Crippen molar-refractivity contribution in [3.8, 4) is 0 Å². The van der Waals surface area contributed by atoms with Crippen molar-refractivity contribution in [2.75, 3.05) is 11.4 Å². The first-order valence-corrected chi connectivity index (χ1v) is 9.93. The van der Waals surface area contributed by atoms with Crippen LogP contribution in [0.1, 0.15) is 37.5 Å². The second-order valence-electron chi connectivity index (χ2n) is 8.49. The molecule has 172 valence electrons. The van der Waals surface area contributed by atoms with Gasteiger partial charge in [0.2, 0.25) is 0 Å². The maximum Gasteiger partial charge on any atom is 0.416 e. The number of halogens is 3. The average molecular weight is 450 g/mol. The molecule has 0 aliphatic carbocycles. The Bertz CT molecular complexity index is 1010. The summed E-state index contributed by atoms with van der Waals surface area (Å²) in [7, 11) is 0. The predicted molar refractivity (Wildman–Crippen MR) is 114 cm³/mol. The van der Waals surface area contributed by atoms with E-state index >= 15 is 0 Å². The number of nitrogens with zero attached hydrogens (tertiary/aromatic N) is 2. The van der Waals surface area contributed by atoms with Gasteiger partial charge in [0.1, 0.15) is 5.60 Å². The summed E-state index contributed by atoms with van der Waals surface area (Å²) in [6, 6.07) is 9.51. The van der Waals surface area contributed by atoms with Crippen molar-refractivity contribution < 1.29 is 27.9 Å². The van der Waals surface area contributed by atoms with Crippen LogP contribution in [0.4, 0.5) is 29.3 Å². The Morgan fingerprint density at radius 2 is 1.84 bits per heavy atom. The van der Waals surface area contributed by atoms with Crippen LogP contribution < -0.4 is 16.0 Å². The Labute approximate surface area is 183 Å². The first-order chi connectivity index (χ1) is 14.9. The number of anilines is 2. The SMILES string of the molecule is CC(C)(C)OC(=O)NC1Cc2c(/C(N)=N/O)cccc2N(c2ccc(C(F)(F)F)cc2)C1. The van der Waals surface area contributed by atoms with Crippen molar-refractivity contribution >= 4 is 23.3 Å². The fourth-order valence-corrected chi connectivity index (χ4v) is 3.61. The van der Waals surface area contributed by atoms with Gasteiger partial charge in [-0.1, -0.05) is 17.3 Å². The number of amides is 1. The Morgan fingerprint density at radius 1 is 1.19 bits per heavy atom. The summed E-state index contributed by atoms with van der Waals surface area (Å²) in [5.41, 5.74) is 6.75. The minimum atomic E-state index is -4.45. The standard InChI is InChI=1S/C22H25F3N4O3/c1-21(2,3)32-20(30)27-14-11-17-16(19(26)28-31)5-4-6-18(17)29(12-14)15-9-7-13(8-10-15)22(23,24)25/h4-10,14,31H,11-12H2,1-3H3,(H2,26,28)(H,27,30).